The van der Waals surface area contributed by atoms with Crippen LogP contribution in [0.2, 0.25) is 0 Å². The lowest BCUT2D eigenvalue weighted by Gasteiger charge is -2.56. The molecule has 0 N–H and O–H groups in total. The first kappa shape index (κ1) is 10.2. The number of nitrogens with zero attached hydrogens (tertiary/aromatic N) is 1. The van der Waals surface area contributed by atoms with E-state index in [4.69, 9.17) is 0 Å². The van der Waals surface area contributed by atoms with Crippen molar-refractivity contribution in [3.63, 3.8) is 0 Å². The predicted octanol–water partition coefficient (Wildman–Crippen LogP) is 3.42. The number of hydrogen-bond acceptors (Lipinski definition) is 3. The van der Waals surface area contributed by atoms with Crippen molar-refractivity contribution in [1.29, 1.82) is 0 Å². The van der Waals surface area contributed by atoms with E-state index >= 15 is 0 Å². The van der Waals surface area contributed by atoms with Crippen LogP contribution in [0.1, 0.15) is 54.0 Å². The summed E-state index contributed by atoms with van der Waals surface area (Å²) >= 11 is 1.52. The quantitative estimate of drug-likeness (QED) is 0.749. The fourth-order valence-electron chi connectivity index (χ4n) is 5.01. The van der Waals surface area contributed by atoms with Crippen LogP contribution in [0.5, 0.6) is 0 Å². The van der Waals surface area contributed by atoms with Crippen molar-refractivity contribution in [3.05, 3.63) is 16.1 Å². The maximum atomic E-state index is 10.8. The van der Waals surface area contributed by atoms with E-state index in [0.29, 0.717) is 10.4 Å². The zero-order valence-corrected chi connectivity index (χ0v) is 10.7. The van der Waals surface area contributed by atoms with Gasteiger partial charge in [-0.1, -0.05) is 0 Å². The van der Waals surface area contributed by atoms with Crippen molar-refractivity contribution < 1.29 is 4.79 Å². The molecule has 3 heteroatoms. The molecular formula is C14H17NOS. The summed E-state index contributed by atoms with van der Waals surface area (Å²) in [6, 6.07) is 0. The number of rotatable bonds is 2. The number of hydrogen-bond donors (Lipinski definition) is 0. The summed E-state index contributed by atoms with van der Waals surface area (Å²) in [5.74, 6) is 2.84. The molecule has 0 amide bonds. The van der Waals surface area contributed by atoms with E-state index in [9.17, 15) is 4.79 Å². The first-order valence-electron chi connectivity index (χ1n) is 6.68. The third kappa shape index (κ3) is 1.44. The number of thiazole rings is 1. The monoisotopic (exact) mass is 247 g/mol. The third-order valence-corrected chi connectivity index (χ3v) is 5.97. The van der Waals surface area contributed by atoms with Crippen molar-refractivity contribution in [2.24, 2.45) is 17.8 Å². The fourth-order valence-corrected chi connectivity index (χ4v) is 5.75. The van der Waals surface area contributed by atoms with Gasteiger partial charge in [-0.3, -0.25) is 4.79 Å². The van der Waals surface area contributed by atoms with Gasteiger partial charge in [0.2, 0.25) is 0 Å². The number of aldehydes is 1. The lowest BCUT2D eigenvalue weighted by molar-refractivity contribution is -0.00694. The molecule has 4 fully saturated rings. The molecule has 0 aliphatic heterocycles. The summed E-state index contributed by atoms with van der Waals surface area (Å²) in [4.78, 5) is 15.4. The van der Waals surface area contributed by atoms with E-state index in [1.165, 1.54) is 55.6 Å². The second kappa shape index (κ2) is 3.41. The predicted molar refractivity (Wildman–Crippen MR) is 67.4 cm³/mol. The van der Waals surface area contributed by atoms with E-state index in [0.717, 1.165) is 24.0 Å². The molecule has 1 aromatic rings. The average Bonchev–Trinajstić information content (AvgIpc) is 2.76. The lowest BCUT2D eigenvalue weighted by atomic mass is 9.49. The molecule has 2 nitrogen and oxygen atoms in total. The summed E-state index contributed by atoms with van der Waals surface area (Å²) in [6.07, 6.45) is 9.29. The van der Waals surface area contributed by atoms with Crippen LogP contribution in [0, 0.1) is 17.8 Å². The van der Waals surface area contributed by atoms with E-state index in [1.54, 1.807) is 0 Å². The highest BCUT2D eigenvalue weighted by atomic mass is 32.1. The maximum Gasteiger partial charge on any atom is 0.178 e. The summed E-state index contributed by atoms with van der Waals surface area (Å²) in [7, 11) is 0. The second-order valence-corrected chi connectivity index (χ2v) is 7.28. The van der Waals surface area contributed by atoms with Crippen LogP contribution in [-0.4, -0.2) is 11.3 Å². The van der Waals surface area contributed by atoms with Gasteiger partial charge >= 0.3 is 0 Å². The highest BCUT2D eigenvalue weighted by Gasteiger charge is 2.52. The second-order valence-electron chi connectivity index (χ2n) is 6.39. The van der Waals surface area contributed by atoms with Gasteiger partial charge in [-0.15, -0.1) is 11.3 Å². The molecule has 0 unspecified atom stereocenters. The zero-order valence-electron chi connectivity index (χ0n) is 9.89. The summed E-state index contributed by atoms with van der Waals surface area (Å²) in [5, 5.41) is 2.81. The Hall–Kier alpha value is -0.700. The number of carbonyl (C=O) groups excluding carboxylic acids is 1. The highest BCUT2D eigenvalue weighted by molar-refractivity contribution is 7.11. The van der Waals surface area contributed by atoms with E-state index in [-0.39, 0.29) is 0 Å². The molecular weight excluding hydrogens is 230 g/mol. The first-order valence-corrected chi connectivity index (χ1v) is 7.56. The smallest absolute Gasteiger partial charge is 0.178 e. The zero-order chi connectivity index (χ0) is 11.5. The minimum atomic E-state index is 0.354. The molecule has 90 valence electrons. The summed E-state index contributed by atoms with van der Waals surface area (Å²) in [5.41, 5.74) is 1.59. The van der Waals surface area contributed by atoms with Gasteiger partial charge in [0.05, 0.1) is 5.69 Å². The lowest BCUT2D eigenvalue weighted by Crippen LogP contribution is -2.48. The highest BCUT2D eigenvalue weighted by Crippen LogP contribution is 2.60. The minimum Gasteiger partial charge on any atom is -0.295 e. The van der Waals surface area contributed by atoms with Crippen LogP contribution in [0.3, 0.4) is 0 Å². The van der Waals surface area contributed by atoms with Gasteiger partial charge in [0.1, 0.15) is 0 Å². The molecule has 0 atom stereocenters. The normalized spacial score (nSPS) is 42.9. The SMILES string of the molecule is O=Cc1nc(C23CC4CC(CC(C4)C2)C3)cs1. The number of aromatic nitrogens is 1. The van der Waals surface area contributed by atoms with Crippen molar-refractivity contribution >= 4 is 17.6 Å². The average molecular weight is 247 g/mol. The van der Waals surface area contributed by atoms with Gasteiger partial charge in [-0.05, 0) is 56.3 Å². The van der Waals surface area contributed by atoms with Crippen LogP contribution >= 0.6 is 11.3 Å². The van der Waals surface area contributed by atoms with Gasteiger partial charge in [0.25, 0.3) is 0 Å². The molecule has 1 heterocycles. The Labute approximate surface area is 105 Å². The van der Waals surface area contributed by atoms with Crippen molar-refractivity contribution in [3.8, 4) is 0 Å². The molecule has 0 spiro atoms. The van der Waals surface area contributed by atoms with E-state index < -0.39 is 0 Å². The molecule has 17 heavy (non-hydrogen) atoms. The van der Waals surface area contributed by atoms with E-state index in [2.05, 4.69) is 10.4 Å². The molecule has 4 aliphatic rings. The van der Waals surface area contributed by atoms with Crippen LogP contribution < -0.4 is 0 Å². The van der Waals surface area contributed by atoms with Gasteiger partial charge in [-0.2, -0.15) is 0 Å². The minimum absolute atomic E-state index is 0.354. The van der Waals surface area contributed by atoms with Crippen LogP contribution in [0.15, 0.2) is 5.38 Å². The standard InChI is InChI=1S/C14H17NOS/c16-7-13-15-12(8-17-13)14-4-9-1-10(5-14)3-11(2-9)6-14/h7-11H,1-6H2. The van der Waals surface area contributed by atoms with Crippen LogP contribution in [0.4, 0.5) is 0 Å². The molecule has 0 radical (unpaired) electrons. The van der Waals surface area contributed by atoms with Crippen LogP contribution in [-0.2, 0) is 5.41 Å². The Morgan fingerprint density at radius 3 is 2.24 bits per heavy atom. The first-order chi connectivity index (χ1) is 8.27. The number of carbonyl (C=O) groups is 1. The molecule has 0 aromatic carbocycles. The summed E-state index contributed by atoms with van der Waals surface area (Å²) in [6.45, 7) is 0. The van der Waals surface area contributed by atoms with Crippen molar-refractivity contribution in [2.45, 2.75) is 43.9 Å². The summed E-state index contributed by atoms with van der Waals surface area (Å²) < 4.78 is 0. The topological polar surface area (TPSA) is 30.0 Å². The molecule has 0 saturated heterocycles. The maximum absolute atomic E-state index is 10.8. The molecule has 4 bridgehead atoms. The molecule has 4 saturated carbocycles. The molecule has 5 rings (SSSR count). The van der Waals surface area contributed by atoms with Crippen LogP contribution in [0.25, 0.3) is 0 Å². The van der Waals surface area contributed by atoms with Gasteiger partial charge in [0, 0.05) is 10.8 Å². The Morgan fingerprint density at radius 2 is 1.76 bits per heavy atom. The van der Waals surface area contributed by atoms with Crippen molar-refractivity contribution in [2.75, 3.05) is 0 Å². The van der Waals surface area contributed by atoms with Crippen molar-refractivity contribution in [1.82, 2.24) is 4.98 Å². The molecule has 4 aliphatic carbocycles. The Kier molecular flexibility index (Phi) is 2.05. The molecule has 1 aromatic heterocycles. The Morgan fingerprint density at radius 1 is 1.18 bits per heavy atom. The van der Waals surface area contributed by atoms with Gasteiger partial charge in [0.15, 0.2) is 11.3 Å². The van der Waals surface area contributed by atoms with Gasteiger partial charge < -0.3 is 0 Å². The fraction of sp³-hybridized carbons (Fsp3) is 0.714. The third-order valence-electron chi connectivity index (χ3n) is 5.20. The Balaban J connectivity index is 1.74. The Bertz CT molecular complexity index is 429. The van der Waals surface area contributed by atoms with Gasteiger partial charge in [-0.25, -0.2) is 4.98 Å². The largest absolute Gasteiger partial charge is 0.295 e. The van der Waals surface area contributed by atoms with E-state index in [1.807, 2.05) is 0 Å².